The van der Waals surface area contributed by atoms with E-state index in [0.717, 1.165) is 16.8 Å². The Morgan fingerprint density at radius 1 is 1.04 bits per heavy atom. The zero-order chi connectivity index (χ0) is 18.4. The number of hydrogen-bond donors (Lipinski definition) is 2. The Hall–Kier alpha value is -3.02. The van der Waals surface area contributed by atoms with Gasteiger partial charge in [0.2, 0.25) is 0 Å². The molecule has 0 aliphatic rings. The van der Waals surface area contributed by atoms with Crippen molar-refractivity contribution in [1.82, 2.24) is 0 Å². The maximum absolute atomic E-state index is 12.5. The maximum atomic E-state index is 12.5. The molecule has 2 N–H and O–H groups in total. The van der Waals surface area contributed by atoms with Gasteiger partial charge in [0, 0.05) is 11.3 Å². The van der Waals surface area contributed by atoms with Crippen LogP contribution in [0.2, 0.25) is 0 Å². The van der Waals surface area contributed by atoms with Crippen LogP contribution >= 0.6 is 0 Å². The zero-order valence-corrected chi connectivity index (χ0v) is 14.5. The standard InChI is InChI=1S/C19H21NO5/c1-4-24-17-10-14(6-8-16(17)25-11-18(21)22)19(23)20-15-7-5-12(2)9-13(15)3/h5-10H,4,11H2,1-3H3,(H,20,23)(H,21,22). The minimum atomic E-state index is -1.08. The number of aliphatic carboxylic acids is 1. The van der Waals surface area contributed by atoms with Gasteiger partial charge in [0.05, 0.1) is 6.61 Å². The highest BCUT2D eigenvalue weighted by Crippen LogP contribution is 2.29. The van der Waals surface area contributed by atoms with Crippen molar-refractivity contribution in [2.45, 2.75) is 20.8 Å². The number of anilines is 1. The smallest absolute Gasteiger partial charge is 0.341 e. The Labute approximate surface area is 146 Å². The van der Waals surface area contributed by atoms with Gasteiger partial charge in [0.1, 0.15) is 0 Å². The number of amides is 1. The van der Waals surface area contributed by atoms with E-state index < -0.39 is 12.6 Å². The van der Waals surface area contributed by atoms with Crippen molar-refractivity contribution in [2.75, 3.05) is 18.5 Å². The van der Waals surface area contributed by atoms with Gasteiger partial charge in [-0.15, -0.1) is 0 Å². The highest BCUT2D eigenvalue weighted by atomic mass is 16.5. The number of hydrogen-bond acceptors (Lipinski definition) is 4. The Kier molecular flexibility index (Phi) is 6.00. The van der Waals surface area contributed by atoms with Crippen molar-refractivity contribution in [3.63, 3.8) is 0 Å². The quantitative estimate of drug-likeness (QED) is 0.805. The molecule has 0 saturated heterocycles. The molecule has 0 heterocycles. The number of carbonyl (C=O) groups is 2. The number of benzene rings is 2. The predicted octanol–water partition coefficient (Wildman–Crippen LogP) is 3.42. The number of carbonyl (C=O) groups excluding carboxylic acids is 1. The average molecular weight is 343 g/mol. The van der Waals surface area contributed by atoms with E-state index in [1.165, 1.54) is 6.07 Å². The van der Waals surface area contributed by atoms with E-state index in [4.69, 9.17) is 14.6 Å². The largest absolute Gasteiger partial charge is 0.490 e. The Morgan fingerprint density at radius 2 is 1.80 bits per heavy atom. The molecule has 0 aliphatic carbocycles. The summed E-state index contributed by atoms with van der Waals surface area (Å²) in [5.41, 5.74) is 3.22. The summed E-state index contributed by atoms with van der Waals surface area (Å²) in [6.45, 7) is 5.60. The molecule has 0 fully saturated rings. The lowest BCUT2D eigenvalue weighted by atomic mass is 10.1. The summed E-state index contributed by atoms with van der Waals surface area (Å²) in [7, 11) is 0. The molecule has 6 nitrogen and oxygen atoms in total. The van der Waals surface area contributed by atoms with Crippen LogP contribution in [0.3, 0.4) is 0 Å². The van der Waals surface area contributed by atoms with Crippen LogP contribution in [0.15, 0.2) is 36.4 Å². The SMILES string of the molecule is CCOc1cc(C(=O)Nc2ccc(C)cc2C)ccc1OCC(=O)O. The first-order valence-electron chi connectivity index (χ1n) is 7.90. The third kappa shape index (κ3) is 4.97. The molecule has 25 heavy (non-hydrogen) atoms. The molecule has 6 heteroatoms. The first kappa shape index (κ1) is 18.3. The van der Waals surface area contributed by atoms with E-state index >= 15 is 0 Å². The molecule has 2 aromatic carbocycles. The summed E-state index contributed by atoms with van der Waals surface area (Å²) in [5.74, 6) is -0.749. The van der Waals surface area contributed by atoms with Crippen molar-refractivity contribution in [3.8, 4) is 11.5 Å². The number of ether oxygens (including phenoxy) is 2. The number of rotatable bonds is 7. The molecule has 0 unspecified atom stereocenters. The van der Waals surface area contributed by atoms with Crippen molar-refractivity contribution in [3.05, 3.63) is 53.1 Å². The van der Waals surface area contributed by atoms with Crippen LogP contribution in [0.1, 0.15) is 28.4 Å². The van der Waals surface area contributed by atoms with E-state index in [0.29, 0.717) is 17.9 Å². The van der Waals surface area contributed by atoms with Gasteiger partial charge in [0.25, 0.3) is 5.91 Å². The molecular weight excluding hydrogens is 322 g/mol. The highest BCUT2D eigenvalue weighted by Gasteiger charge is 2.13. The fraction of sp³-hybridized carbons (Fsp3) is 0.263. The molecule has 132 valence electrons. The molecule has 0 spiro atoms. The summed E-state index contributed by atoms with van der Waals surface area (Å²) in [6, 6.07) is 10.4. The minimum Gasteiger partial charge on any atom is -0.490 e. The molecule has 0 radical (unpaired) electrons. The first-order chi connectivity index (χ1) is 11.9. The molecule has 0 saturated carbocycles. The van der Waals surface area contributed by atoms with Crippen LogP contribution in [0.5, 0.6) is 11.5 Å². The van der Waals surface area contributed by atoms with Gasteiger partial charge in [-0.25, -0.2) is 4.79 Å². The van der Waals surface area contributed by atoms with Gasteiger partial charge in [-0.2, -0.15) is 0 Å². The Morgan fingerprint density at radius 3 is 2.44 bits per heavy atom. The summed E-state index contributed by atoms with van der Waals surface area (Å²) >= 11 is 0. The van der Waals surface area contributed by atoms with Crippen LogP contribution in [0.25, 0.3) is 0 Å². The summed E-state index contributed by atoms with van der Waals surface area (Å²) in [6.07, 6.45) is 0. The third-order valence-corrected chi connectivity index (χ3v) is 3.49. The van der Waals surface area contributed by atoms with Crippen LogP contribution in [0, 0.1) is 13.8 Å². The van der Waals surface area contributed by atoms with Gasteiger partial charge in [0.15, 0.2) is 18.1 Å². The van der Waals surface area contributed by atoms with Crippen LogP contribution < -0.4 is 14.8 Å². The molecule has 2 rings (SSSR count). The second kappa shape index (κ2) is 8.19. The van der Waals surface area contributed by atoms with E-state index in [1.807, 2.05) is 32.0 Å². The third-order valence-electron chi connectivity index (χ3n) is 3.49. The molecule has 2 aromatic rings. The van der Waals surface area contributed by atoms with E-state index in [-0.39, 0.29) is 11.7 Å². The lowest BCUT2D eigenvalue weighted by Crippen LogP contribution is -2.14. The summed E-state index contributed by atoms with van der Waals surface area (Å²) in [5, 5.41) is 11.6. The number of aryl methyl sites for hydroxylation is 2. The average Bonchev–Trinajstić information content (AvgIpc) is 2.56. The molecular formula is C19H21NO5. The molecule has 0 aromatic heterocycles. The normalized spacial score (nSPS) is 10.2. The van der Waals surface area contributed by atoms with E-state index in [1.54, 1.807) is 19.1 Å². The molecule has 0 bridgehead atoms. The monoisotopic (exact) mass is 343 g/mol. The van der Waals surface area contributed by atoms with Crippen LogP contribution in [0.4, 0.5) is 5.69 Å². The van der Waals surface area contributed by atoms with Gasteiger partial charge < -0.3 is 19.9 Å². The Bertz CT molecular complexity index is 785. The first-order valence-corrected chi connectivity index (χ1v) is 7.90. The van der Waals surface area contributed by atoms with Crippen molar-refractivity contribution in [1.29, 1.82) is 0 Å². The van der Waals surface area contributed by atoms with Gasteiger partial charge >= 0.3 is 5.97 Å². The number of carboxylic acids is 1. The predicted molar refractivity (Wildman–Crippen MR) is 94.6 cm³/mol. The topological polar surface area (TPSA) is 84.9 Å². The highest BCUT2D eigenvalue weighted by molar-refractivity contribution is 6.05. The van der Waals surface area contributed by atoms with Crippen LogP contribution in [-0.4, -0.2) is 30.2 Å². The number of carboxylic acid groups (broad SMARTS) is 1. The van der Waals surface area contributed by atoms with Crippen molar-refractivity contribution < 1.29 is 24.2 Å². The molecule has 0 aliphatic heterocycles. The second-order valence-corrected chi connectivity index (χ2v) is 5.55. The molecule has 0 atom stereocenters. The summed E-state index contributed by atoms with van der Waals surface area (Å²) < 4.78 is 10.6. The maximum Gasteiger partial charge on any atom is 0.341 e. The van der Waals surface area contributed by atoms with Gasteiger partial charge in [-0.05, 0) is 50.6 Å². The van der Waals surface area contributed by atoms with E-state index in [2.05, 4.69) is 5.32 Å². The fourth-order valence-electron chi connectivity index (χ4n) is 2.32. The van der Waals surface area contributed by atoms with Crippen molar-refractivity contribution >= 4 is 17.6 Å². The van der Waals surface area contributed by atoms with Gasteiger partial charge in [-0.3, -0.25) is 4.79 Å². The second-order valence-electron chi connectivity index (χ2n) is 5.55. The lowest BCUT2D eigenvalue weighted by molar-refractivity contribution is -0.139. The van der Waals surface area contributed by atoms with E-state index in [9.17, 15) is 9.59 Å². The number of nitrogens with one attached hydrogen (secondary N) is 1. The minimum absolute atomic E-state index is 0.280. The summed E-state index contributed by atoms with van der Waals surface area (Å²) in [4.78, 5) is 23.1. The zero-order valence-electron chi connectivity index (χ0n) is 14.5. The van der Waals surface area contributed by atoms with Crippen molar-refractivity contribution in [2.24, 2.45) is 0 Å². The fourth-order valence-corrected chi connectivity index (χ4v) is 2.32. The van der Waals surface area contributed by atoms with Crippen LogP contribution in [-0.2, 0) is 4.79 Å². The molecule has 1 amide bonds. The Balaban J connectivity index is 2.21. The lowest BCUT2D eigenvalue weighted by Gasteiger charge is -2.13. The van der Waals surface area contributed by atoms with Gasteiger partial charge in [-0.1, -0.05) is 17.7 Å².